The zero-order chi connectivity index (χ0) is 17.7. The lowest BCUT2D eigenvalue weighted by atomic mass is 9.64. The number of carbonyl (C=O) groups excluding carboxylic acids is 1. The van der Waals surface area contributed by atoms with Crippen LogP contribution in [0.5, 0.6) is 0 Å². The zero-order valence-corrected chi connectivity index (χ0v) is 15.5. The second kappa shape index (κ2) is 8.15. The van der Waals surface area contributed by atoms with Crippen molar-refractivity contribution in [2.24, 2.45) is 11.3 Å². The van der Waals surface area contributed by atoms with E-state index in [0.29, 0.717) is 19.1 Å². The van der Waals surface area contributed by atoms with Gasteiger partial charge < -0.3 is 15.2 Å². The van der Waals surface area contributed by atoms with Crippen molar-refractivity contribution >= 4 is 6.09 Å². The first-order valence-corrected chi connectivity index (χ1v) is 8.60. The van der Waals surface area contributed by atoms with Crippen molar-refractivity contribution in [2.45, 2.75) is 72.6 Å². The minimum absolute atomic E-state index is 0.157. The van der Waals surface area contributed by atoms with Gasteiger partial charge in [-0.15, -0.1) is 0 Å². The maximum atomic E-state index is 11.5. The van der Waals surface area contributed by atoms with Gasteiger partial charge in [0.15, 0.2) is 0 Å². The highest BCUT2D eigenvalue weighted by Crippen LogP contribution is 2.44. The van der Waals surface area contributed by atoms with Gasteiger partial charge in [0.05, 0.1) is 6.61 Å². The third-order valence-corrected chi connectivity index (χ3v) is 4.63. The molecule has 5 heteroatoms. The van der Waals surface area contributed by atoms with Gasteiger partial charge in [0.25, 0.3) is 0 Å². The van der Waals surface area contributed by atoms with Gasteiger partial charge in [-0.25, -0.2) is 4.79 Å². The van der Waals surface area contributed by atoms with E-state index < -0.39 is 6.23 Å². The molecule has 23 heavy (non-hydrogen) atoms. The lowest BCUT2D eigenvalue weighted by Crippen LogP contribution is -2.55. The smallest absolute Gasteiger partial charge is 0.407 e. The van der Waals surface area contributed by atoms with E-state index in [1.807, 2.05) is 19.9 Å². The molecule has 1 aliphatic rings. The number of aliphatic hydroxyl groups is 1. The van der Waals surface area contributed by atoms with Crippen LogP contribution in [0.2, 0.25) is 0 Å². The van der Waals surface area contributed by atoms with Crippen molar-refractivity contribution in [3.63, 3.8) is 0 Å². The first-order chi connectivity index (χ1) is 10.6. The van der Waals surface area contributed by atoms with Crippen LogP contribution in [0.25, 0.3) is 0 Å². The Balaban J connectivity index is 2.71. The molecule has 134 valence electrons. The molecule has 0 aromatic heterocycles. The van der Waals surface area contributed by atoms with E-state index in [0.717, 1.165) is 24.8 Å². The van der Waals surface area contributed by atoms with E-state index in [1.54, 1.807) is 6.92 Å². The number of amides is 1. The Bertz CT molecular complexity index is 434. The number of carbonyl (C=O) groups is 1. The summed E-state index contributed by atoms with van der Waals surface area (Å²) in [7, 11) is 0. The van der Waals surface area contributed by atoms with Crippen LogP contribution in [-0.4, -0.2) is 36.1 Å². The lowest BCUT2D eigenvalue weighted by Gasteiger charge is -2.48. The summed E-state index contributed by atoms with van der Waals surface area (Å²) in [5, 5.41) is 16.6. The van der Waals surface area contributed by atoms with E-state index in [2.05, 4.69) is 31.4 Å². The van der Waals surface area contributed by atoms with E-state index in [1.165, 1.54) is 0 Å². The molecule has 1 aliphatic carbocycles. The summed E-state index contributed by atoms with van der Waals surface area (Å²) in [5.74, 6) is 0.360. The van der Waals surface area contributed by atoms with Crippen molar-refractivity contribution < 1.29 is 14.6 Å². The fourth-order valence-corrected chi connectivity index (χ4v) is 3.96. The second-order valence-corrected chi connectivity index (χ2v) is 7.86. The van der Waals surface area contributed by atoms with Gasteiger partial charge in [0.2, 0.25) is 0 Å². The quantitative estimate of drug-likeness (QED) is 0.518. The molecule has 0 saturated heterocycles. The number of nitrogens with one attached hydrogen (secondary N) is 2. The van der Waals surface area contributed by atoms with Crippen molar-refractivity contribution in [3.05, 3.63) is 11.6 Å². The molecule has 3 unspecified atom stereocenters. The number of rotatable bonds is 6. The van der Waals surface area contributed by atoms with Crippen LogP contribution in [0.15, 0.2) is 11.6 Å². The van der Waals surface area contributed by atoms with Gasteiger partial charge in [-0.3, -0.25) is 5.32 Å². The predicted molar refractivity (Wildman–Crippen MR) is 93.1 cm³/mol. The number of allylic oxidation sites excluding steroid dienone is 1. The molecule has 0 spiro atoms. The highest BCUT2D eigenvalue weighted by Gasteiger charge is 2.42. The Morgan fingerprint density at radius 1 is 1.39 bits per heavy atom. The van der Waals surface area contributed by atoms with Crippen LogP contribution in [0.3, 0.4) is 0 Å². The summed E-state index contributed by atoms with van der Waals surface area (Å²) >= 11 is 0. The highest BCUT2D eigenvalue weighted by molar-refractivity contribution is 5.67. The Hall–Kier alpha value is -1.07. The first-order valence-electron chi connectivity index (χ1n) is 8.60. The average Bonchev–Trinajstić information content (AvgIpc) is 2.42. The van der Waals surface area contributed by atoms with Crippen molar-refractivity contribution in [3.8, 4) is 0 Å². The molecule has 1 fully saturated rings. The molecule has 5 nitrogen and oxygen atoms in total. The summed E-state index contributed by atoms with van der Waals surface area (Å²) in [6.07, 6.45) is 3.90. The molecule has 0 radical (unpaired) electrons. The molecular weight excluding hydrogens is 292 g/mol. The lowest BCUT2D eigenvalue weighted by molar-refractivity contribution is 0.0404. The van der Waals surface area contributed by atoms with E-state index in [9.17, 15) is 9.90 Å². The Labute approximate surface area is 140 Å². The Kier molecular flexibility index (Phi) is 7.08. The molecule has 1 amide bonds. The first kappa shape index (κ1) is 20.0. The normalized spacial score (nSPS) is 29.0. The van der Waals surface area contributed by atoms with Crippen LogP contribution in [-0.2, 0) is 4.74 Å². The highest BCUT2D eigenvalue weighted by atomic mass is 16.5. The molecule has 0 heterocycles. The standard InChI is InChI=1S/C18H34N2O3/c1-7-13(3)15(21)20-18(6)10-14(9-17(4,5)12-18)11-19-16(22)23-8-2/h7,14-15,20-21H,8-12H2,1-6H3,(H,19,22). The third-order valence-electron chi connectivity index (χ3n) is 4.63. The molecule has 0 aromatic carbocycles. The molecule has 1 rings (SSSR count). The van der Waals surface area contributed by atoms with Crippen LogP contribution in [0, 0.1) is 11.3 Å². The van der Waals surface area contributed by atoms with E-state index in [4.69, 9.17) is 4.74 Å². The molecule has 0 bridgehead atoms. The minimum atomic E-state index is -0.627. The number of aliphatic hydroxyl groups excluding tert-OH is 1. The van der Waals surface area contributed by atoms with Crippen LogP contribution in [0.4, 0.5) is 4.79 Å². The van der Waals surface area contributed by atoms with Gasteiger partial charge >= 0.3 is 6.09 Å². The van der Waals surface area contributed by atoms with Gasteiger partial charge in [-0.2, -0.15) is 0 Å². The SMILES string of the molecule is CC=C(C)C(O)NC1(C)CC(CNC(=O)OCC)CC(C)(C)C1. The summed E-state index contributed by atoms with van der Waals surface area (Å²) in [6, 6.07) is 0. The molecule has 1 saturated carbocycles. The molecule has 0 aliphatic heterocycles. The summed E-state index contributed by atoms with van der Waals surface area (Å²) < 4.78 is 4.93. The molecular formula is C18H34N2O3. The summed E-state index contributed by atoms with van der Waals surface area (Å²) in [4.78, 5) is 11.5. The van der Waals surface area contributed by atoms with E-state index in [-0.39, 0.29) is 17.0 Å². The molecule has 3 N–H and O–H groups in total. The largest absolute Gasteiger partial charge is 0.450 e. The second-order valence-electron chi connectivity index (χ2n) is 7.86. The summed E-state index contributed by atoms with van der Waals surface area (Å²) in [5.41, 5.74) is 0.924. The van der Waals surface area contributed by atoms with Gasteiger partial charge in [0, 0.05) is 12.1 Å². The number of ether oxygens (including phenoxy) is 1. The fourth-order valence-electron chi connectivity index (χ4n) is 3.96. The topological polar surface area (TPSA) is 70.6 Å². The number of hydrogen-bond acceptors (Lipinski definition) is 4. The maximum absolute atomic E-state index is 11.5. The fraction of sp³-hybridized carbons (Fsp3) is 0.833. The average molecular weight is 326 g/mol. The number of hydrogen-bond donors (Lipinski definition) is 3. The van der Waals surface area contributed by atoms with Crippen molar-refractivity contribution in [1.29, 1.82) is 0 Å². The van der Waals surface area contributed by atoms with E-state index >= 15 is 0 Å². The monoisotopic (exact) mass is 326 g/mol. The van der Waals surface area contributed by atoms with Crippen molar-refractivity contribution in [1.82, 2.24) is 10.6 Å². The van der Waals surface area contributed by atoms with Crippen LogP contribution < -0.4 is 10.6 Å². The van der Waals surface area contributed by atoms with Gasteiger partial charge in [-0.1, -0.05) is 19.9 Å². The van der Waals surface area contributed by atoms with Crippen molar-refractivity contribution in [2.75, 3.05) is 13.2 Å². The zero-order valence-electron chi connectivity index (χ0n) is 15.5. The minimum Gasteiger partial charge on any atom is -0.450 e. The predicted octanol–water partition coefficient (Wildman–Crippen LogP) is 3.19. The summed E-state index contributed by atoms with van der Waals surface area (Å²) in [6.45, 7) is 13.3. The Morgan fingerprint density at radius 3 is 2.61 bits per heavy atom. The van der Waals surface area contributed by atoms with Gasteiger partial charge in [-0.05, 0) is 63.9 Å². The van der Waals surface area contributed by atoms with Crippen LogP contribution >= 0.6 is 0 Å². The third kappa shape index (κ3) is 6.51. The number of alkyl carbamates (subject to hydrolysis) is 1. The van der Waals surface area contributed by atoms with Crippen LogP contribution in [0.1, 0.15) is 60.8 Å². The maximum Gasteiger partial charge on any atom is 0.407 e. The Morgan fingerprint density at radius 2 is 2.04 bits per heavy atom. The molecule has 0 aromatic rings. The van der Waals surface area contributed by atoms with Gasteiger partial charge in [0.1, 0.15) is 6.23 Å². The molecule has 3 atom stereocenters.